The minimum Gasteiger partial charge on any atom is -0.493 e. The molecule has 0 fully saturated rings. The van der Waals surface area contributed by atoms with Crippen LogP contribution in [0.1, 0.15) is 6.42 Å². The molecule has 8 heteroatoms. The van der Waals surface area contributed by atoms with Gasteiger partial charge in [-0.1, -0.05) is 12.1 Å². The Balaban J connectivity index is 1.73. The first kappa shape index (κ1) is 18.1. The number of benzene rings is 2. The van der Waals surface area contributed by atoms with Crippen molar-refractivity contribution in [1.82, 2.24) is 10.2 Å². The number of H-pyrrole nitrogens is 1. The molecule has 0 bridgehead atoms. The van der Waals surface area contributed by atoms with Gasteiger partial charge in [0, 0.05) is 16.7 Å². The van der Waals surface area contributed by atoms with Crippen molar-refractivity contribution in [1.29, 1.82) is 0 Å². The molecule has 1 heterocycles. The summed E-state index contributed by atoms with van der Waals surface area (Å²) in [5.74, 6) is 0.999. The molecule has 1 aromatic heterocycles. The van der Waals surface area contributed by atoms with E-state index < -0.39 is 6.67 Å². The summed E-state index contributed by atoms with van der Waals surface area (Å²) in [7, 11) is 0. The fourth-order valence-corrected chi connectivity index (χ4v) is 2.99. The van der Waals surface area contributed by atoms with Crippen LogP contribution in [0.4, 0.5) is 20.7 Å². The lowest BCUT2D eigenvalue weighted by Crippen LogP contribution is -2.20. The molecular formula is C18H19FN4O2S. The van der Waals surface area contributed by atoms with Gasteiger partial charge in [0.2, 0.25) is 0 Å². The monoisotopic (exact) mass is 374 g/mol. The predicted octanol–water partition coefficient (Wildman–Crippen LogP) is 4.67. The first-order valence-electron chi connectivity index (χ1n) is 8.09. The van der Waals surface area contributed by atoms with Crippen LogP contribution in [-0.4, -0.2) is 35.8 Å². The normalized spacial score (nSPS) is 10.7. The molecule has 0 aliphatic rings. The van der Waals surface area contributed by atoms with Crippen LogP contribution in [0.2, 0.25) is 0 Å². The van der Waals surface area contributed by atoms with Gasteiger partial charge in [-0.25, -0.2) is 4.79 Å². The first-order valence-corrected chi connectivity index (χ1v) is 9.31. The van der Waals surface area contributed by atoms with E-state index in [0.717, 1.165) is 21.5 Å². The van der Waals surface area contributed by atoms with Crippen molar-refractivity contribution in [2.24, 2.45) is 0 Å². The molecule has 3 N–H and O–H groups in total. The van der Waals surface area contributed by atoms with Crippen LogP contribution in [-0.2, 0) is 0 Å². The number of urea groups is 1. The van der Waals surface area contributed by atoms with Gasteiger partial charge in [-0.3, -0.25) is 14.8 Å². The quantitative estimate of drug-likeness (QED) is 0.415. The SMILES string of the molecule is CSc1ccccc1NC(=O)Nc1n[nH]c2ccc(OCCCF)cc12. The van der Waals surface area contributed by atoms with Gasteiger partial charge < -0.3 is 10.1 Å². The number of rotatable bonds is 7. The summed E-state index contributed by atoms with van der Waals surface area (Å²) in [6.45, 7) is -0.118. The number of aromatic amines is 1. The van der Waals surface area contributed by atoms with Gasteiger partial charge in [0.25, 0.3) is 0 Å². The molecule has 0 radical (unpaired) electrons. The predicted molar refractivity (Wildman–Crippen MR) is 103 cm³/mol. The number of nitrogens with one attached hydrogen (secondary N) is 3. The number of ether oxygens (including phenoxy) is 1. The summed E-state index contributed by atoms with van der Waals surface area (Å²) in [6.07, 6.45) is 2.29. The van der Waals surface area contributed by atoms with Gasteiger partial charge in [0.1, 0.15) is 5.75 Å². The van der Waals surface area contributed by atoms with Crippen molar-refractivity contribution < 1.29 is 13.9 Å². The smallest absolute Gasteiger partial charge is 0.324 e. The molecular weight excluding hydrogens is 355 g/mol. The molecule has 0 unspecified atom stereocenters. The minimum atomic E-state index is -0.418. The highest BCUT2D eigenvalue weighted by atomic mass is 32.2. The fourth-order valence-electron chi connectivity index (χ4n) is 2.43. The lowest BCUT2D eigenvalue weighted by molar-refractivity contribution is 0.262. The molecule has 2 amide bonds. The van der Waals surface area contributed by atoms with E-state index in [2.05, 4.69) is 20.8 Å². The van der Waals surface area contributed by atoms with Crippen LogP contribution in [0.5, 0.6) is 5.75 Å². The Kier molecular flexibility index (Phi) is 5.96. The van der Waals surface area contributed by atoms with E-state index in [1.807, 2.05) is 30.5 Å². The van der Waals surface area contributed by atoms with E-state index in [1.54, 1.807) is 30.0 Å². The number of carbonyl (C=O) groups is 1. The van der Waals surface area contributed by atoms with E-state index >= 15 is 0 Å². The van der Waals surface area contributed by atoms with E-state index in [9.17, 15) is 9.18 Å². The average molecular weight is 374 g/mol. The Labute approximate surface area is 154 Å². The second-order valence-corrected chi connectivity index (χ2v) is 6.30. The molecule has 3 rings (SSSR count). The highest BCUT2D eigenvalue weighted by Crippen LogP contribution is 2.27. The van der Waals surface area contributed by atoms with E-state index in [1.165, 1.54) is 0 Å². The standard InChI is InChI=1S/C18H19FN4O2S/c1-26-16-6-3-2-5-15(16)20-18(24)21-17-13-11-12(25-10-4-9-19)7-8-14(13)22-23-17/h2-3,5-8,11H,4,9-10H2,1H3,(H3,20,21,22,23,24). The topological polar surface area (TPSA) is 79.0 Å². The zero-order chi connectivity index (χ0) is 18.4. The third-order valence-electron chi connectivity index (χ3n) is 3.67. The second kappa shape index (κ2) is 8.57. The summed E-state index contributed by atoms with van der Waals surface area (Å²) in [5.41, 5.74) is 1.50. The fraction of sp³-hybridized carbons (Fsp3) is 0.222. The van der Waals surface area contributed by atoms with Gasteiger partial charge in [-0.2, -0.15) is 5.10 Å². The van der Waals surface area contributed by atoms with E-state index in [4.69, 9.17) is 4.74 Å². The minimum absolute atomic E-state index is 0.300. The van der Waals surface area contributed by atoms with Crippen molar-refractivity contribution in [3.05, 3.63) is 42.5 Å². The van der Waals surface area contributed by atoms with Crippen LogP contribution in [0.3, 0.4) is 0 Å². The Bertz CT molecular complexity index is 900. The second-order valence-electron chi connectivity index (χ2n) is 5.45. The van der Waals surface area contributed by atoms with Gasteiger partial charge >= 0.3 is 6.03 Å². The van der Waals surface area contributed by atoms with Crippen LogP contribution in [0.15, 0.2) is 47.4 Å². The van der Waals surface area contributed by atoms with Gasteiger partial charge in [-0.05, 0) is 36.6 Å². The number of amides is 2. The Hall–Kier alpha value is -2.74. The summed E-state index contributed by atoms with van der Waals surface area (Å²) in [6, 6.07) is 12.5. The zero-order valence-corrected chi connectivity index (χ0v) is 15.0. The van der Waals surface area contributed by atoms with Crippen molar-refractivity contribution in [3.63, 3.8) is 0 Å². The lowest BCUT2D eigenvalue weighted by atomic mass is 10.2. The number of alkyl halides is 1. The number of hydrogen-bond donors (Lipinski definition) is 3. The summed E-state index contributed by atoms with van der Waals surface area (Å²) < 4.78 is 17.7. The van der Waals surface area contributed by atoms with Crippen LogP contribution in [0.25, 0.3) is 10.9 Å². The summed E-state index contributed by atoms with van der Waals surface area (Å²) in [5, 5.41) is 13.3. The number of halogens is 1. The molecule has 136 valence electrons. The number of carbonyl (C=O) groups excluding carboxylic acids is 1. The Morgan fingerprint density at radius 1 is 1.27 bits per heavy atom. The molecule has 0 aliphatic carbocycles. The van der Waals surface area contributed by atoms with E-state index in [-0.39, 0.29) is 6.03 Å². The molecule has 0 saturated heterocycles. The zero-order valence-electron chi connectivity index (χ0n) is 14.2. The third-order valence-corrected chi connectivity index (χ3v) is 4.46. The molecule has 0 spiro atoms. The van der Waals surface area contributed by atoms with Gasteiger partial charge in [0.15, 0.2) is 5.82 Å². The molecule has 0 atom stereocenters. The highest BCUT2D eigenvalue weighted by molar-refractivity contribution is 7.98. The maximum absolute atomic E-state index is 12.3. The number of hydrogen-bond acceptors (Lipinski definition) is 4. The van der Waals surface area contributed by atoms with Gasteiger partial charge in [0.05, 0.1) is 24.5 Å². The Morgan fingerprint density at radius 2 is 2.12 bits per heavy atom. The molecule has 0 saturated carbocycles. The number of fused-ring (bicyclic) bond motifs is 1. The summed E-state index contributed by atoms with van der Waals surface area (Å²) >= 11 is 1.55. The lowest BCUT2D eigenvalue weighted by Gasteiger charge is -2.09. The maximum Gasteiger partial charge on any atom is 0.324 e. The van der Waals surface area contributed by atoms with Crippen molar-refractivity contribution in [2.45, 2.75) is 11.3 Å². The molecule has 26 heavy (non-hydrogen) atoms. The van der Waals surface area contributed by atoms with Crippen molar-refractivity contribution in [2.75, 3.05) is 30.2 Å². The van der Waals surface area contributed by atoms with Crippen molar-refractivity contribution >= 4 is 40.2 Å². The van der Waals surface area contributed by atoms with Crippen LogP contribution < -0.4 is 15.4 Å². The average Bonchev–Trinajstić information content (AvgIpc) is 3.04. The molecule has 0 aliphatic heterocycles. The van der Waals surface area contributed by atoms with Crippen LogP contribution in [0, 0.1) is 0 Å². The van der Waals surface area contributed by atoms with E-state index in [0.29, 0.717) is 24.6 Å². The largest absolute Gasteiger partial charge is 0.493 e. The van der Waals surface area contributed by atoms with Crippen LogP contribution >= 0.6 is 11.8 Å². The number of para-hydroxylation sites is 1. The maximum atomic E-state index is 12.3. The first-order chi connectivity index (χ1) is 12.7. The number of thioether (sulfide) groups is 1. The summed E-state index contributed by atoms with van der Waals surface area (Å²) in [4.78, 5) is 13.3. The highest BCUT2D eigenvalue weighted by Gasteiger charge is 2.12. The molecule has 3 aromatic rings. The van der Waals surface area contributed by atoms with Crippen molar-refractivity contribution in [3.8, 4) is 5.75 Å². The third kappa shape index (κ3) is 4.26. The Morgan fingerprint density at radius 3 is 2.92 bits per heavy atom. The molecule has 6 nitrogen and oxygen atoms in total. The number of anilines is 2. The molecule has 2 aromatic carbocycles. The van der Waals surface area contributed by atoms with Gasteiger partial charge in [-0.15, -0.1) is 11.8 Å². The number of nitrogens with zero attached hydrogens (tertiary/aromatic N) is 1. The number of aromatic nitrogens is 2.